The SMILES string of the molecule is Cc1cc(NCC2CNC(=O)O2)ccc1/C=C/S(=O)(=O)N1CCC2(CC1)N=C(C1CCCCC1)NC2=O. The molecule has 2 saturated heterocycles. The number of carbonyl (C=O) groups excluding carboxylic acids is 2. The zero-order chi connectivity index (χ0) is 26.0. The molecule has 4 aliphatic rings. The van der Waals surface area contributed by atoms with Crippen LogP contribution in [-0.2, 0) is 19.6 Å². The summed E-state index contributed by atoms with van der Waals surface area (Å²) in [4.78, 5) is 28.8. The van der Waals surface area contributed by atoms with Gasteiger partial charge in [0.25, 0.3) is 5.91 Å². The van der Waals surface area contributed by atoms with Crippen molar-refractivity contribution >= 4 is 39.6 Å². The number of sulfonamides is 1. The molecule has 1 unspecified atom stereocenters. The van der Waals surface area contributed by atoms with E-state index in [0.717, 1.165) is 35.5 Å². The van der Waals surface area contributed by atoms with Gasteiger partial charge in [-0.2, -0.15) is 4.31 Å². The second-order valence-electron chi connectivity index (χ2n) is 10.4. The van der Waals surface area contributed by atoms with E-state index in [4.69, 9.17) is 9.73 Å². The highest BCUT2D eigenvalue weighted by molar-refractivity contribution is 7.92. The van der Waals surface area contributed by atoms with E-state index in [2.05, 4.69) is 16.0 Å². The zero-order valence-corrected chi connectivity index (χ0v) is 22.0. The largest absolute Gasteiger partial charge is 0.442 e. The Labute approximate surface area is 218 Å². The van der Waals surface area contributed by atoms with E-state index in [0.29, 0.717) is 31.8 Å². The van der Waals surface area contributed by atoms with Crippen LogP contribution in [0.15, 0.2) is 28.6 Å². The molecule has 0 bridgehead atoms. The predicted molar refractivity (Wildman–Crippen MR) is 142 cm³/mol. The Hall–Kier alpha value is -2.92. The molecule has 0 radical (unpaired) electrons. The quantitative estimate of drug-likeness (QED) is 0.498. The van der Waals surface area contributed by atoms with Crippen LogP contribution < -0.4 is 16.0 Å². The second kappa shape index (κ2) is 10.4. The summed E-state index contributed by atoms with van der Waals surface area (Å²) in [5.74, 6) is 1.06. The first-order chi connectivity index (χ1) is 17.7. The van der Waals surface area contributed by atoms with Crippen LogP contribution in [0.5, 0.6) is 0 Å². The zero-order valence-electron chi connectivity index (χ0n) is 21.2. The average Bonchev–Trinajstić information content (AvgIpc) is 3.45. The van der Waals surface area contributed by atoms with E-state index in [1.54, 1.807) is 6.08 Å². The fourth-order valence-corrected chi connectivity index (χ4v) is 6.74. The number of anilines is 1. The lowest BCUT2D eigenvalue weighted by Gasteiger charge is -2.34. The topological polar surface area (TPSA) is 129 Å². The number of amides is 2. The van der Waals surface area contributed by atoms with Crippen LogP contribution >= 0.6 is 0 Å². The van der Waals surface area contributed by atoms with Crippen molar-refractivity contribution in [1.82, 2.24) is 14.9 Å². The number of rotatable bonds is 7. The minimum Gasteiger partial charge on any atom is -0.442 e. The highest BCUT2D eigenvalue weighted by Gasteiger charge is 2.48. The molecule has 1 spiro atoms. The number of aliphatic imine (C=N–C) groups is 1. The van der Waals surface area contributed by atoms with Gasteiger partial charge >= 0.3 is 6.09 Å². The van der Waals surface area contributed by atoms with E-state index < -0.39 is 21.7 Å². The molecular weight excluding hydrogens is 494 g/mol. The number of benzene rings is 1. The van der Waals surface area contributed by atoms with Crippen molar-refractivity contribution in [3.05, 3.63) is 34.7 Å². The van der Waals surface area contributed by atoms with Gasteiger partial charge in [0.2, 0.25) is 10.0 Å². The Balaban J connectivity index is 1.18. The molecule has 1 saturated carbocycles. The van der Waals surface area contributed by atoms with Crippen molar-refractivity contribution in [2.45, 2.75) is 63.5 Å². The predicted octanol–water partition coefficient (Wildman–Crippen LogP) is 2.76. The first kappa shape index (κ1) is 25.7. The molecule has 37 heavy (non-hydrogen) atoms. The Bertz CT molecular complexity index is 1210. The number of aryl methyl sites for hydroxylation is 1. The number of nitrogens with one attached hydrogen (secondary N) is 3. The second-order valence-corrected chi connectivity index (χ2v) is 12.2. The number of nitrogens with zero attached hydrogens (tertiary/aromatic N) is 2. The van der Waals surface area contributed by atoms with Gasteiger partial charge in [0.15, 0.2) is 0 Å². The molecule has 1 aromatic rings. The van der Waals surface area contributed by atoms with Crippen LogP contribution in [0.4, 0.5) is 10.5 Å². The number of hydrogen-bond donors (Lipinski definition) is 3. The maximum atomic E-state index is 13.1. The highest BCUT2D eigenvalue weighted by Crippen LogP contribution is 2.35. The minimum absolute atomic E-state index is 0.0765. The molecule has 200 valence electrons. The normalized spacial score (nSPS) is 24.7. The molecule has 2 amide bonds. The van der Waals surface area contributed by atoms with Crippen LogP contribution in [0, 0.1) is 12.8 Å². The summed E-state index contributed by atoms with van der Waals surface area (Å²) in [5.41, 5.74) is 1.76. The number of piperidine rings is 1. The van der Waals surface area contributed by atoms with Crippen molar-refractivity contribution < 1.29 is 22.7 Å². The number of amidine groups is 1. The molecule has 3 fully saturated rings. The first-order valence-corrected chi connectivity index (χ1v) is 14.6. The third-order valence-corrected chi connectivity index (χ3v) is 9.44. The fraction of sp³-hybridized carbons (Fsp3) is 0.577. The molecule has 3 aliphatic heterocycles. The van der Waals surface area contributed by atoms with Gasteiger partial charge in [-0.1, -0.05) is 25.3 Å². The summed E-state index contributed by atoms with van der Waals surface area (Å²) in [5, 5.41) is 10.1. The van der Waals surface area contributed by atoms with E-state index in [9.17, 15) is 18.0 Å². The van der Waals surface area contributed by atoms with Crippen LogP contribution in [0.25, 0.3) is 6.08 Å². The Morgan fingerprint density at radius 3 is 2.62 bits per heavy atom. The summed E-state index contributed by atoms with van der Waals surface area (Å²) in [6.45, 7) is 3.41. The van der Waals surface area contributed by atoms with E-state index in [-0.39, 0.29) is 25.1 Å². The third-order valence-electron chi connectivity index (χ3n) is 7.87. The molecule has 11 heteroatoms. The van der Waals surface area contributed by atoms with Crippen molar-refractivity contribution in [2.75, 3.05) is 31.5 Å². The van der Waals surface area contributed by atoms with Crippen molar-refractivity contribution in [2.24, 2.45) is 10.9 Å². The number of carbonyl (C=O) groups is 2. The van der Waals surface area contributed by atoms with Gasteiger partial charge in [0.1, 0.15) is 17.5 Å². The number of hydrogen-bond acceptors (Lipinski definition) is 7. The number of cyclic esters (lactones) is 1. The van der Waals surface area contributed by atoms with Gasteiger partial charge < -0.3 is 20.7 Å². The van der Waals surface area contributed by atoms with Gasteiger partial charge in [0, 0.05) is 30.1 Å². The molecule has 1 atom stereocenters. The molecule has 10 nitrogen and oxygen atoms in total. The molecular formula is C26H35N5O5S. The Kier molecular flexibility index (Phi) is 7.26. The monoisotopic (exact) mass is 529 g/mol. The minimum atomic E-state index is -3.63. The lowest BCUT2D eigenvalue weighted by molar-refractivity contribution is -0.125. The summed E-state index contributed by atoms with van der Waals surface area (Å²) < 4.78 is 32.7. The molecule has 3 N–H and O–H groups in total. The summed E-state index contributed by atoms with van der Waals surface area (Å²) in [6, 6.07) is 5.66. The lowest BCUT2D eigenvalue weighted by atomic mass is 9.88. The van der Waals surface area contributed by atoms with Crippen molar-refractivity contribution in [3.63, 3.8) is 0 Å². The van der Waals surface area contributed by atoms with Gasteiger partial charge in [-0.3, -0.25) is 9.79 Å². The Morgan fingerprint density at radius 1 is 1.19 bits per heavy atom. The van der Waals surface area contributed by atoms with Crippen LogP contribution in [-0.4, -0.2) is 68.4 Å². The maximum Gasteiger partial charge on any atom is 0.407 e. The summed E-state index contributed by atoms with van der Waals surface area (Å²) in [6.07, 6.45) is 7.47. The van der Waals surface area contributed by atoms with Crippen LogP contribution in [0.3, 0.4) is 0 Å². The Morgan fingerprint density at radius 2 is 1.95 bits per heavy atom. The van der Waals surface area contributed by atoms with Crippen molar-refractivity contribution in [1.29, 1.82) is 0 Å². The smallest absolute Gasteiger partial charge is 0.407 e. The van der Waals surface area contributed by atoms with Gasteiger partial charge in [0.05, 0.1) is 13.1 Å². The fourth-order valence-electron chi connectivity index (χ4n) is 5.56. The molecule has 5 rings (SSSR count). The van der Waals surface area contributed by atoms with Crippen LogP contribution in [0.1, 0.15) is 56.1 Å². The highest BCUT2D eigenvalue weighted by atomic mass is 32.2. The maximum absolute atomic E-state index is 13.1. The number of ether oxygens (including phenoxy) is 1. The van der Waals surface area contributed by atoms with Gasteiger partial charge in [-0.25, -0.2) is 13.2 Å². The van der Waals surface area contributed by atoms with E-state index >= 15 is 0 Å². The lowest BCUT2D eigenvalue weighted by Crippen LogP contribution is -2.50. The average molecular weight is 530 g/mol. The molecule has 1 aromatic carbocycles. The number of alkyl carbamates (subject to hydrolysis) is 1. The van der Waals surface area contributed by atoms with Crippen molar-refractivity contribution in [3.8, 4) is 0 Å². The molecule has 3 heterocycles. The third kappa shape index (κ3) is 5.67. The molecule has 0 aromatic heterocycles. The molecule has 1 aliphatic carbocycles. The van der Waals surface area contributed by atoms with Gasteiger partial charge in [-0.15, -0.1) is 0 Å². The van der Waals surface area contributed by atoms with E-state index in [1.165, 1.54) is 29.0 Å². The summed E-state index contributed by atoms with van der Waals surface area (Å²) >= 11 is 0. The first-order valence-electron chi connectivity index (χ1n) is 13.1. The van der Waals surface area contributed by atoms with E-state index in [1.807, 2.05) is 25.1 Å². The van der Waals surface area contributed by atoms with Gasteiger partial charge in [-0.05, 0) is 61.9 Å². The summed E-state index contributed by atoms with van der Waals surface area (Å²) in [7, 11) is -3.63. The van der Waals surface area contributed by atoms with Crippen LogP contribution in [0.2, 0.25) is 0 Å². The standard InChI is InChI=1S/C26H35N5O5S/c1-18-15-21(27-16-22-17-28-25(33)36-22)8-7-19(18)9-14-37(34,35)31-12-10-26(11-13-31)24(32)29-23(30-26)20-5-3-2-4-6-20/h7-9,14-15,20,22,27H,2-6,10-13,16-17H2,1H3,(H,28,33)(H,29,30,32)/b14-9+.